The summed E-state index contributed by atoms with van der Waals surface area (Å²) in [6.45, 7) is -1.29. The molecule has 1 fully saturated rings. The molecule has 0 radical (unpaired) electrons. The Morgan fingerprint density at radius 1 is 1.14 bits per heavy atom. The Labute approximate surface area is 196 Å². The zero-order valence-electron chi connectivity index (χ0n) is 17.7. The van der Waals surface area contributed by atoms with E-state index in [2.05, 4.69) is 14.4 Å². The largest absolute Gasteiger partial charge is 0.573 e. The smallest absolute Gasteiger partial charge is 0.406 e. The molecule has 0 aliphatic carbocycles. The molecule has 1 aliphatic rings. The maximum atomic E-state index is 13.0. The Balaban J connectivity index is 1.61. The second-order valence-electron chi connectivity index (χ2n) is 7.60. The van der Waals surface area contributed by atoms with Gasteiger partial charge in [0.2, 0.25) is 0 Å². The molecule has 4 rings (SSSR count). The van der Waals surface area contributed by atoms with Crippen LogP contribution in [0.3, 0.4) is 0 Å². The van der Waals surface area contributed by atoms with E-state index in [-0.39, 0.29) is 16.7 Å². The SMILES string of the molecule is O=c1ccn([C@@H]2O[C@H](COP(=O)(O)O)[C@H](O)C2O)c(=O)n1Cc1noc2cc(OC(F)(F)F)ccc12. The summed E-state index contributed by atoms with van der Waals surface area (Å²) in [5, 5.41) is 24.3. The van der Waals surface area contributed by atoms with Crippen LogP contribution >= 0.6 is 7.82 Å². The van der Waals surface area contributed by atoms with E-state index in [0.29, 0.717) is 4.57 Å². The first-order valence-corrected chi connectivity index (χ1v) is 11.4. The Morgan fingerprint density at radius 3 is 2.53 bits per heavy atom. The number of aliphatic hydroxyl groups excluding tert-OH is 2. The van der Waals surface area contributed by atoms with E-state index < -0.39 is 68.9 Å². The summed E-state index contributed by atoms with van der Waals surface area (Å²) >= 11 is 0. The van der Waals surface area contributed by atoms with Crippen LogP contribution in [0.5, 0.6) is 5.75 Å². The van der Waals surface area contributed by atoms with Crippen molar-refractivity contribution in [2.75, 3.05) is 6.61 Å². The first-order chi connectivity index (χ1) is 16.7. The van der Waals surface area contributed by atoms with Gasteiger partial charge in [-0.1, -0.05) is 5.16 Å². The zero-order chi connectivity index (χ0) is 26.4. The molecule has 4 atom stereocenters. The number of rotatable bonds is 7. The summed E-state index contributed by atoms with van der Waals surface area (Å²) in [7, 11) is -4.91. The summed E-state index contributed by atoms with van der Waals surface area (Å²) in [6.07, 6.45) is -10.4. The average molecular weight is 539 g/mol. The molecule has 0 spiro atoms. The lowest BCUT2D eigenvalue weighted by atomic mass is 10.1. The number of benzene rings is 1. The summed E-state index contributed by atoms with van der Waals surface area (Å²) in [5.41, 5.74) is -1.93. The summed E-state index contributed by atoms with van der Waals surface area (Å²) < 4.78 is 68.0. The third kappa shape index (κ3) is 5.52. The molecule has 14 nitrogen and oxygen atoms in total. The maximum absolute atomic E-state index is 13.0. The van der Waals surface area contributed by atoms with Crippen molar-refractivity contribution in [2.45, 2.75) is 37.4 Å². The van der Waals surface area contributed by atoms with Crippen molar-refractivity contribution in [1.82, 2.24) is 14.3 Å². The molecule has 0 amide bonds. The van der Waals surface area contributed by atoms with Gasteiger partial charge in [0.25, 0.3) is 5.56 Å². The summed E-state index contributed by atoms with van der Waals surface area (Å²) in [6, 6.07) is 4.06. The molecule has 4 N–H and O–H groups in total. The van der Waals surface area contributed by atoms with Crippen LogP contribution in [0.15, 0.2) is 44.6 Å². The van der Waals surface area contributed by atoms with E-state index in [1.165, 1.54) is 6.07 Å². The van der Waals surface area contributed by atoms with Crippen molar-refractivity contribution in [2.24, 2.45) is 0 Å². The van der Waals surface area contributed by atoms with Crippen molar-refractivity contribution in [3.8, 4) is 5.75 Å². The van der Waals surface area contributed by atoms with E-state index >= 15 is 0 Å². The highest BCUT2D eigenvalue weighted by atomic mass is 31.2. The fraction of sp³-hybridized carbons (Fsp3) is 0.389. The van der Waals surface area contributed by atoms with Gasteiger partial charge < -0.3 is 34.0 Å². The standard InChI is InChI=1S/C18H17F3N3O11P/c19-18(20,21)34-8-1-2-9-10(22-35-11(9)5-8)6-24-13(25)3-4-23(17(24)28)16-15(27)14(26)12(33-16)7-32-36(29,30)31/h1-5,12,14-16,26-27H,6-7H2,(H2,29,30,31)/t12-,14+,15?,16-/m1/s1. The number of halogens is 3. The molecule has 0 bridgehead atoms. The van der Waals surface area contributed by atoms with Crippen LogP contribution in [-0.4, -0.2) is 65.6 Å². The number of fused-ring (bicyclic) bond motifs is 1. The van der Waals surface area contributed by atoms with Gasteiger partial charge >= 0.3 is 19.9 Å². The molecule has 1 aliphatic heterocycles. The molecule has 18 heteroatoms. The minimum atomic E-state index is -4.93. The van der Waals surface area contributed by atoms with Gasteiger partial charge in [-0.15, -0.1) is 13.2 Å². The quantitative estimate of drug-likeness (QED) is 0.290. The van der Waals surface area contributed by atoms with Crippen LogP contribution in [-0.2, 0) is 20.4 Å². The van der Waals surface area contributed by atoms with Gasteiger partial charge in [-0.05, 0) is 12.1 Å². The lowest BCUT2D eigenvalue weighted by Crippen LogP contribution is -2.43. The van der Waals surface area contributed by atoms with Crippen molar-refractivity contribution in [3.63, 3.8) is 0 Å². The molecule has 1 saturated heterocycles. The zero-order valence-corrected chi connectivity index (χ0v) is 18.6. The van der Waals surface area contributed by atoms with Gasteiger partial charge in [-0.25, -0.2) is 9.36 Å². The predicted octanol–water partition coefficient (Wildman–Crippen LogP) is -0.173. The Morgan fingerprint density at radius 2 is 1.86 bits per heavy atom. The molecule has 3 heterocycles. The molecule has 1 aromatic carbocycles. The number of aliphatic hydroxyl groups is 2. The van der Waals surface area contributed by atoms with Crippen LogP contribution in [0.2, 0.25) is 0 Å². The second-order valence-corrected chi connectivity index (χ2v) is 8.84. The van der Waals surface area contributed by atoms with E-state index in [1.54, 1.807) is 0 Å². The van der Waals surface area contributed by atoms with Crippen molar-refractivity contribution in [3.05, 3.63) is 57.0 Å². The number of hydrogen-bond donors (Lipinski definition) is 4. The summed E-state index contributed by atoms with van der Waals surface area (Å²) in [4.78, 5) is 43.0. The normalized spacial score (nSPS) is 22.9. The molecular formula is C18H17F3N3O11P. The van der Waals surface area contributed by atoms with Crippen LogP contribution in [0, 0.1) is 0 Å². The van der Waals surface area contributed by atoms with Gasteiger partial charge in [-0.3, -0.25) is 18.5 Å². The Bertz CT molecular complexity index is 1430. The number of hydrogen-bond acceptors (Lipinski definition) is 10. The first-order valence-electron chi connectivity index (χ1n) is 9.91. The number of ether oxygens (including phenoxy) is 2. The van der Waals surface area contributed by atoms with Crippen molar-refractivity contribution >= 4 is 18.8 Å². The predicted molar refractivity (Wildman–Crippen MR) is 109 cm³/mol. The number of alkyl halides is 3. The van der Waals surface area contributed by atoms with Crippen molar-refractivity contribution in [1.29, 1.82) is 0 Å². The molecule has 1 unspecified atom stereocenters. The second kappa shape index (κ2) is 9.44. The minimum absolute atomic E-state index is 0.0151. The molecule has 0 saturated carbocycles. The minimum Gasteiger partial charge on any atom is -0.406 e. The number of nitrogens with zero attached hydrogens (tertiary/aromatic N) is 3. The number of aromatic nitrogens is 3. The van der Waals surface area contributed by atoms with E-state index in [1.807, 2.05) is 0 Å². The van der Waals surface area contributed by atoms with Crippen molar-refractivity contribution < 1.29 is 56.3 Å². The van der Waals surface area contributed by atoms with Gasteiger partial charge in [0.1, 0.15) is 29.8 Å². The monoisotopic (exact) mass is 539 g/mol. The average Bonchev–Trinajstić information content (AvgIpc) is 3.29. The molecule has 3 aromatic rings. The fourth-order valence-corrected chi connectivity index (χ4v) is 3.91. The molecule has 2 aromatic heterocycles. The third-order valence-electron chi connectivity index (χ3n) is 5.17. The summed E-state index contributed by atoms with van der Waals surface area (Å²) in [5.74, 6) is -0.569. The fourth-order valence-electron chi connectivity index (χ4n) is 3.57. The Kier molecular flexibility index (Phi) is 6.82. The van der Waals surface area contributed by atoms with Gasteiger partial charge in [0.05, 0.1) is 13.2 Å². The highest BCUT2D eigenvalue weighted by molar-refractivity contribution is 7.46. The topological polar surface area (TPSA) is 196 Å². The van der Waals surface area contributed by atoms with E-state index in [0.717, 1.165) is 29.0 Å². The molecule has 36 heavy (non-hydrogen) atoms. The maximum Gasteiger partial charge on any atom is 0.573 e. The lowest BCUT2D eigenvalue weighted by Gasteiger charge is -2.18. The lowest BCUT2D eigenvalue weighted by molar-refractivity contribution is -0.274. The van der Waals surface area contributed by atoms with Gasteiger partial charge in [0.15, 0.2) is 11.8 Å². The van der Waals surface area contributed by atoms with Crippen LogP contribution in [0.25, 0.3) is 11.0 Å². The first kappa shape index (κ1) is 26.0. The van der Waals surface area contributed by atoms with E-state index in [4.69, 9.17) is 19.0 Å². The third-order valence-corrected chi connectivity index (χ3v) is 5.66. The molecule has 196 valence electrons. The molecular weight excluding hydrogens is 522 g/mol. The van der Waals surface area contributed by atoms with E-state index in [9.17, 15) is 37.5 Å². The van der Waals surface area contributed by atoms with Gasteiger partial charge in [-0.2, -0.15) is 0 Å². The highest BCUT2D eigenvalue weighted by Gasteiger charge is 2.45. The van der Waals surface area contributed by atoms with Crippen LogP contribution < -0.4 is 16.0 Å². The Hall–Kier alpha value is -3.05. The van der Waals surface area contributed by atoms with Gasteiger partial charge in [0, 0.05) is 23.7 Å². The van der Waals surface area contributed by atoms with Crippen LogP contribution in [0.4, 0.5) is 13.2 Å². The van der Waals surface area contributed by atoms with Crippen LogP contribution in [0.1, 0.15) is 11.9 Å². The highest BCUT2D eigenvalue weighted by Crippen LogP contribution is 2.38. The number of phosphoric ester groups is 1. The number of phosphoric acid groups is 1.